The van der Waals surface area contributed by atoms with Crippen LogP contribution < -0.4 is 0 Å². The van der Waals surface area contributed by atoms with Crippen molar-refractivity contribution in [3.8, 4) is 0 Å². The number of nitrogens with zero attached hydrogens (tertiary/aromatic N) is 1. The van der Waals surface area contributed by atoms with Crippen LogP contribution in [0.3, 0.4) is 0 Å². The van der Waals surface area contributed by atoms with Gasteiger partial charge < -0.3 is 18.1 Å². The topological polar surface area (TPSA) is 83.4 Å². The Labute approximate surface area is 153 Å². The monoisotopic (exact) mass is 411 g/mol. The molecule has 10 heteroatoms. The highest BCUT2D eigenvalue weighted by molar-refractivity contribution is 7.98. The maximum Gasteiger partial charge on any atom is 0.388 e. The van der Waals surface area contributed by atoms with E-state index in [0.717, 1.165) is 0 Å². The van der Waals surface area contributed by atoms with Crippen LogP contribution in [0.15, 0.2) is 29.3 Å². The lowest BCUT2D eigenvalue weighted by Gasteiger charge is -2.24. The molecule has 1 rings (SSSR count). The molecule has 0 fully saturated rings. The Morgan fingerprint density at radius 2 is 1.20 bits per heavy atom. The molecular formula is C15H24ClNO6P2. The molecule has 0 aliphatic carbocycles. The standard InChI is InChI=1S/C15H24ClNO6P2/c1-5-20-24(18,21-6-2)15(25(19,22-7-3)23-8-4)17-14-11-9-13(16)10-12-14/h9-12H,5-8H2,1-4H3. The summed E-state index contributed by atoms with van der Waals surface area (Å²) in [5.41, 5.74) is 0.374. The maximum atomic E-state index is 13.2. The van der Waals surface area contributed by atoms with E-state index >= 15 is 0 Å². The second-order valence-corrected chi connectivity index (χ2v) is 9.21. The Morgan fingerprint density at radius 1 is 0.840 bits per heavy atom. The molecule has 0 atom stereocenters. The first-order chi connectivity index (χ1) is 11.8. The number of aliphatic imine (C=N–C) groups is 1. The number of halogens is 1. The van der Waals surface area contributed by atoms with E-state index in [0.29, 0.717) is 10.7 Å². The number of rotatable bonds is 11. The minimum absolute atomic E-state index is 0.0785. The number of benzene rings is 1. The zero-order valence-corrected chi connectivity index (χ0v) is 17.4. The molecule has 0 radical (unpaired) electrons. The van der Waals surface area contributed by atoms with E-state index in [-0.39, 0.29) is 31.6 Å². The van der Waals surface area contributed by atoms with Crippen LogP contribution in [-0.4, -0.2) is 31.6 Å². The van der Waals surface area contributed by atoms with Crippen molar-refractivity contribution in [2.24, 2.45) is 4.99 Å². The summed E-state index contributed by atoms with van der Waals surface area (Å²) in [6.07, 6.45) is 0. The van der Waals surface area contributed by atoms with Crippen molar-refractivity contribution in [2.45, 2.75) is 27.7 Å². The first kappa shape index (κ1) is 22.5. The zero-order valence-electron chi connectivity index (χ0n) is 14.8. The fourth-order valence-corrected chi connectivity index (χ4v) is 6.35. The van der Waals surface area contributed by atoms with Crippen LogP contribution in [0.2, 0.25) is 5.02 Å². The number of hydrogen-bond acceptors (Lipinski definition) is 7. The van der Waals surface area contributed by atoms with E-state index in [1.807, 2.05) is 0 Å². The first-order valence-corrected chi connectivity index (χ1v) is 11.4. The van der Waals surface area contributed by atoms with Gasteiger partial charge in [-0.25, -0.2) is 4.99 Å². The summed E-state index contributed by atoms with van der Waals surface area (Å²) in [7, 11) is -7.97. The Bertz CT molecular complexity index is 612. The van der Waals surface area contributed by atoms with Crippen molar-refractivity contribution in [1.29, 1.82) is 0 Å². The number of hydrogen-bond donors (Lipinski definition) is 0. The van der Waals surface area contributed by atoms with Gasteiger partial charge in [0.2, 0.25) is 5.19 Å². The van der Waals surface area contributed by atoms with Gasteiger partial charge in [0.05, 0.1) is 32.1 Å². The van der Waals surface area contributed by atoms with Crippen molar-refractivity contribution < 1.29 is 27.2 Å². The molecule has 1 aromatic rings. The normalized spacial score (nSPS) is 12.2. The molecule has 0 saturated carbocycles. The van der Waals surface area contributed by atoms with Gasteiger partial charge in [-0.05, 0) is 52.0 Å². The maximum absolute atomic E-state index is 13.2. The molecule has 0 amide bonds. The summed E-state index contributed by atoms with van der Waals surface area (Å²) in [6.45, 7) is 6.92. The highest BCUT2D eigenvalue weighted by Crippen LogP contribution is 2.66. The van der Waals surface area contributed by atoms with E-state index in [1.165, 1.54) is 0 Å². The van der Waals surface area contributed by atoms with Crippen molar-refractivity contribution >= 4 is 37.7 Å². The summed E-state index contributed by atoms with van der Waals surface area (Å²) in [6, 6.07) is 6.40. The van der Waals surface area contributed by atoms with Crippen LogP contribution in [0.5, 0.6) is 0 Å². The van der Waals surface area contributed by atoms with E-state index < -0.39 is 15.2 Å². The molecule has 0 aromatic heterocycles. The third kappa shape index (κ3) is 6.30. The van der Waals surface area contributed by atoms with Crippen LogP contribution >= 0.6 is 26.8 Å². The highest BCUT2D eigenvalue weighted by atomic mass is 35.5. The zero-order chi connectivity index (χ0) is 18.9. The molecule has 0 N–H and O–H groups in total. The molecule has 0 aliphatic rings. The lowest BCUT2D eigenvalue weighted by atomic mass is 10.3. The van der Waals surface area contributed by atoms with E-state index in [4.69, 9.17) is 29.7 Å². The third-order valence-corrected chi connectivity index (χ3v) is 8.04. The van der Waals surface area contributed by atoms with Gasteiger partial charge in [0.25, 0.3) is 0 Å². The van der Waals surface area contributed by atoms with Crippen molar-refractivity contribution in [3.05, 3.63) is 29.3 Å². The third-order valence-electron chi connectivity index (χ3n) is 2.74. The van der Waals surface area contributed by atoms with Gasteiger partial charge in [0.15, 0.2) is 0 Å². The molecule has 25 heavy (non-hydrogen) atoms. The lowest BCUT2D eigenvalue weighted by Crippen LogP contribution is -2.12. The average molecular weight is 412 g/mol. The Kier molecular flexibility index (Phi) is 9.54. The van der Waals surface area contributed by atoms with E-state index in [1.54, 1.807) is 52.0 Å². The molecule has 0 bridgehead atoms. The highest BCUT2D eigenvalue weighted by Gasteiger charge is 2.47. The quantitative estimate of drug-likeness (QED) is 0.335. The Morgan fingerprint density at radius 3 is 1.52 bits per heavy atom. The summed E-state index contributed by atoms with van der Waals surface area (Å²) in [5.74, 6) is 0. The van der Waals surface area contributed by atoms with E-state index in [9.17, 15) is 9.13 Å². The second-order valence-electron chi connectivity index (χ2n) is 4.55. The summed E-state index contributed by atoms with van der Waals surface area (Å²) >= 11 is 5.87. The van der Waals surface area contributed by atoms with Crippen LogP contribution in [0.4, 0.5) is 5.69 Å². The molecule has 0 heterocycles. The van der Waals surface area contributed by atoms with Gasteiger partial charge in [-0.3, -0.25) is 9.13 Å². The summed E-state index contributed by atoms with van der Waals surface area (Å²) in [4.78, 5) is 4.25. The molecule has 0 spiro atoms. The molecule has 142 valence electrons. The molecule has 7 nitrogen and oxygen atoms in total. The van der Waals surface area contributed by atoms with Gasteiger partial charge in [-0.2, -0.15) is 0 Å². The molecule has 0 unspecified atom stereocenters. The van der Waals surface area contributed by atoms with E-state index in [2.05, 4.69) is 4.99 Å². The van der Waals surface area contributed by atoms with Crippen LogP contribution in [0.1, 0.15) is 27.7 Å². The van der Waals surface area contributed by atoms with Gasteiger partial charge in [-0.15, -0.1) is 0 Å². The largest absolute Gasteiger partial charge is 0.388 e. The molecule has 1 aromatic carbocycles. The predicted molar refractivity (Wildman–Crippen MR) is 100 cm³/mol. The minimum atomic E-state index is -3.98. The van der Waals surface area contributed by atoms with Crippen molar-refractivity contribution in [3.63, 3.8) is 0 Å². The Balaban J connectivity index is 3.55. The smallest absolute Gasteiger partial charge is 0.304 e. The van der Waals surface area contributed by atoms with Gasteiger partial charge >= 0.3 is 15.2 Å². The van der Waals surface area contributed by atoms with Crippen LogP contribution in [-0.2, 0) is 27.2 Å². The molecule has 0 aliphatic heterocycles. The SMILES string of the molecule is CCOP(=O)(OCC)C(=Nc1ccc(Cl)cc1)P(=O)(OCC)OCC. The van der Waals surface area contributed by atoms with Gasteiger partial charge in [0, 0.05) is 5.02 Å². The predicted octanol–water partition coefficient (Wildman–Crippen LogP) is 5.86. The average Bonchev–Trinajstić information content (AvgIpc) is 2.55. The first-order valence-electron chi connectivity index (χ1n) is 7.98. The molecule has 0 saturated heterocycles. The summed E-state index contributed by atoms with van der Waals surface area (Å²) < 4.78 is 47.7. The van der Waals surface area contributed by atoms with Gasteiger partial charge in [0.1, 0.15) is 0 Å². The van der Waals surface area contributed by atoms with Crippen LogP contribution in [0.25, 0.3) is 0 Å². The second kappa shape index (κ2) is 10.6. The van der Waals surface area contributed by atoms with Crippen LogP contribution in [0, 0.1) is 0 Å². The fraction of sp³-hybridized carbons (Fsp3) is 0.533. The van der Waals surface area contributed by atoms with Crippen molar-refractivity contribution in [2.75, 3.05) is 26.4 Å². The summed E-state index contributed by atoms with van der Waals surface area (Å²) in [5, 5.41) is 0.144. The molecular weight excluding hydrogens is 388 g/mol. The minimum Gasteiger partial charge on any atom is -0.304 e. The Hall–Kier alpha value is -0.520. The lowest BCUT2D eigenvalue weighted by molar-refractivity contribution is 0.224. The van der Waals surface area contributed by atoms with Crippen molar-refractivity contribution in [1.82, 2.24) is 0 Å². The fourth-order valence-electron chi connectivity index (χ4n) is 1.89. The van der Waals surface area contributed by atoms with Gasteiger partial charge in [-0.1, -0.05) is 11.6 Å².